The van der Waals surface area contributed by atoms with Crippen LogP contribution in [0.25, 0.3) is 0 Å². The van der Waals surface area contributed by atoms with Crippen LogP contribution in [0.15, 0.2) is 30.3 Å². The molecule has 1 unspecified atom stereocenters. The standard InChI is InChI=1S/C21H29N5O2/c1-5-15(2)22-21-23-16(3)14-17(24-21)20(27)26-12-10-25(11-13-26)18-8-6-7-9-19(18)28-4/h6-9,14-15H,5,10-13H2,1-4H3,(H,22,23,24). The molecule has 1 aliphatic rings. The summed E-state index contributed by atoms with van der Waals surface area (Å²) in [5.41, 5.74) is 2.30. The molecular formula is C21H29N5O2. The average Bonchev–Trinajstić information content (AvgIpc) is 2.72. The summed E-state index contributed by atoms with van der Waals surface area (Å²) in [6.07, 6.45) is 0.964. The number of hydrogen-bond acceptors (Lipinski definition) is 6. The van der Waals surface area contributed by atoms with Crippen LogP contribution in [-0.2, 0) is 0 Å². The zero-order valence-electron chi connectivity index (χ0n) is 17.1. The minimum absolute atomic E-state index is 0.0441. The molecular weight excluding hydrogens is 354 g/mol. The number of benzene rings is 1. The number of nitrogens with zero attached hydrogens (tertiary/aromatic N) is 4. The Labute approximate surface area is 166 Å². The van der Waals surface area contributed by atoms with Gasteiger partial charge in [-0.15, -0.1) is 0 Å². The Morgan fingerprint density at radius 2 is 1.93 bits per heavy atom. The second-order valence-electron chi connectivity index (χ2n) is 7.12. The number of aryl methyl sites for hydroxylation is 1. The number of piperazine rings is 1. The first kappa shape index (κ1) is 19.9. The van der Waals surface area contributed by atoms with E-state index >= 15 is 0 Å². The molecule has 0 aliphatic carbocycles. The highest BCUT2D eigenvalue weighted by molar-refractivity contribution is 5.93. The highest BCUT2D eigenvalue weighted by Gasteiger charge is 2.25. The van der Waals surface area contributed by atoms with E-state index in [4.69, 9.17) is 4.74 Å². The van der Waals surface area contributed by atoms with Gasteiger partial charge >= 0.3 is 0 Å². The third kappa shape index (κ3) is 4.52. The van der Waals surface area contributed by atoms with Crippen molar-refractivity contribution in [3.63, 3.8) is 0 Å². The summed E-state index contributed by atoms with van der Waals surface area (Å²) < 4.78 is 5.46. The summed E-state index contributed by atoms with van der Waals surface area (Å²) in [6.45, 7) is 8.87. The Kier molecular flexibility index (Phi) is 6.34. The van der Waals surface area contributed by atoms with Gasteiger partial charge in [0.1, 0.15) is 11.4 Å². The maximum atomic E-state index is 13.0. The Balaban J connectivity index is 1.68. The van der Waals surface area contributed by atoms with Gasteiger partial charge in [-0.3, -0.25) is 4.79 Å². The van der Waals surface area contributed by atoms with Crippen LogP contribution in [0.2, 0.25) is 0 Å². The summed E-state index contributed by atoms with van der Waals surface area (Å²) in [6, 6.07) is 10.00. The van der Waals surface area contributed by atoms with Gasteiger partial charge < -0.3 is 19.9 Å². The zero-order valence-corrected chi connectivity index (χ0v) is 17.1. The highest BCUT2D eigenvalue weighted by atomic mass is 16.5. The van der Waals surface area contributed by atoms with E-state index in [0.29, 0.717) is 24.7 Å². The molecule has 1 aromatic heterocycles. The monoisotopic (exact) mass is 383 g/mol. The van der Waals surface area contributed by atoms with Crippen molar-refractivity contribution >= 4 is 17.5 Å². The van der Waals surface area contributed by atoms with Crippen molar-refractivity contribution in [1.82, 2.24) is 14.9 Å². The number of methoxy groups -OCH3 is 1. The largest absolute Gasteiger partial charge is 0.495 e. The number of aromatic nitrogens is 2. The van der Waals surface area contributed by atoms with Gasteiger partial charge in [-0.25, -0.2) is 9.97 Å². The molecule has 1 saturated heterocycles. The van der Waals surface area contributed by atoms with Crippen LogP contribution in [0, 0.1) is 6.92 Å². The maximum Gasteiger partial charge on any atom is 0.272 e. The molecule has 7 heteroatoms. The molecule has 3 rings (SSSR count). The SMILES string of the molecule is CCC(C)Nc1nc(C)cc(C(=O)N2CCN(c3ccccc3OC)CC2)n1. The Morgan fingerprint density at radius 1 is 1.21 bits per heavy atom. The summed E-state index contributed by atoms with van der Waals surface area (Å²) in [7, 11) is 1.68. The smallest absolute Gasteiger partial charge is 0.272 e. The van der Waals surface area contributed by atoms with Crippen molar-refractivity contribution < 1.29 is 9.53 Å². The van der Waals surface area contributed by atoms with Crippen molar-refractivity contribution in [2.24, 2.45) is 0 Å². The van der Waals surface area contributed by atoms with E-state index in [-0.39, 0.29) is 11.9 Å². The lowest BCUT2D eigenvalue weighted by atomic mass is 10.2. The molecule has 0 bridgehead atoms. The van der Waals surface area contributed by atoms with E-state index in [1.165, 1.54) is 0 Å². The lowest BCUT2D eigenvalue weighted by molar-refractivity contribution is 0.0740. The number of carbonyl (C=O) groups excluding carboxylic acids is 1. The van der Waals surface area contributed by atoms with Gasteiger partial charge in [0.2, 0.25) is 5.95 Å². The van der Waals surface area contributed by atoms with Gasteiger partial charge in [0.15, 0.2) is 0 Å². The van der Waals surface area contributed by atoms with Gasteiger partial charge in [0.05, 0.1) is 12.8 Å². The fourth-order valence-corrected chi connectivity index (χ4v) is 3.27. The molecule has 1 atom stereocenters. The molecule has 1 aliphatic heterocycles. The van der Waals surface area contributed by atoms with Crippen molar-refractivity contribution in [2.75, 3.05) is 43.5 Å². The van der Waals surface area contributed by atoms with E-state index in [0.717, 1.165) is 36.6 Å². The van der Waals surface area contributed by atoms with Gasteiger partial charge in [-0.2, -0.15) is 0 Å². The molecule has 150 valence electrons. The lowest BCUT2D eigenvalue weighted by Gasteiger charge is -2.36. The summed E-state index contributed by atoms with van der Waals surface area (Å²) in [5, 5.41) is 3.26. The fourth-order valence-electron chi connectivity index (χ4n) is 3.27. The first-order valence-corrected chi connectivity index (χ1v) is 9.81. The second kappa shape index (κ2) is 8.91. The molecule has 28 heavy (non-hydrogen) atoms. The van der Waals surface area contributed by atoms with E-state index in [1.807, 2.05) is 30.0 Å². The van der Waals surface area contributed by atoms with Crippen molar-refractivity contribution in [1.29, 1.82) is 0 Å². The minimum atomic E-state index is -0.0441. The Hall–Kier alpha value is -2.83. The molecule has 1 fully saturated rings. The first-order valence-electron chi connectivity index (χ1n) is 9.81. The van der Waals surface area contributed by atoms with Crippen LogP contribution in [0.1, 0.15) is 36.5 Å². The number of ether oxygens (including phenoxy) is 1. The molecule has 7 nitrogen and oxygen atoms in total. The zero-order chi connectivity index (χ0) is 20.1. The summed E-state index contributed by atoms with van der Waals surface area (Å²) in [4.78, 5) is 26.0. The minimum Gasteiger partial charge on any atom is -0.495 e. The first-order chi connectivity index (χ1) is 13.5. The molecule has 1 aromatic carbocycles. The number of carbonyl (C=O) groups is 1. The van der Waals surface area contributed by atoms with Crippen LogP contribution in [-0.4, -0.2) is 60.1 Å². The van der Waals surface area contributed by atoms with Gasteiger partial charge in [-0.05, 0) is 38.5 Å². The van der Waals surface area contributed by atoms with Crippen molar-refractivity contribution in [3.8, 4) is 5.75 Å². The van der Waals surface area contributed by atoms with Crippen molar-refractivity contribution in [3.05, 3.63) is 41.7 Å². The number of amides is 1. The van der Waals surface area contributed by atoms with E-state index in [2.05, 4.69) is 40.1 Å². The van der Waals surface area contributed by atoms with Crippen LogP contribution >= 0.6 is 0 Å². The number of para-hydroxylation sites is 2. The quantitative estimate of drug-likeness (QED) is 0.827. The molecule has 0 spiro atoms. The fraction of sp³-hybridized carbons (Fsp3) is 0.476. The van der Waals surface area contributed by atoms with E-state index in [1.54, 1.807) is 13.2 Å². The summed E-state index contributed by atoms with van der Waals surface area (Å²) in [5.74, 6) is 1.33. The molecule has 0 saturated carbocycles. The van der Waals surface area contributed by atoms with E-state index in [9.17, 15) is 4.79 Å². The average molecular weight is 383 g/mol. The van der Waals surface area contributed by atoms with Crippen molar-refractivity contribution in [2.45, 2.75) is 33.2 Å². The van der Waals surface area contributed by atoms with Crippen LogP contribution in [0.4, 0.5) is 11.6 Å². The Morgan fingerprint density at radius 3 is 2.61 bits per heavy atom. The Bertz CT molecular complexity index is 818. The predicted octanol–water partition coefficient (Wildman–Crippen LogP) is 2.97. The van der Waals surface area contributed by atoms with Gasteiger partial charge in [-0.1, -0.05) is 19.1 Å². The van der Waals surface area contributed by atoms with Gasteiger partial charge in [0, 0.05) is 37.9 Å². The third-order valence-electron chi connectivity index (χ3n) is 5.05. The van der Waals surface area contributed by atoms with E-state index < -0.39 is 0 Å². The maximum absolute atomic E-state index is 13.0. The van der Waals surface area contributed by atoms with Gasteiger partial charge in [0.25, 0.3) is 5.91 Å². The third-order valence-corrected chi connectivity index (χ3v) is 5.05. The second-order valence-corrected chi connectivity index (χ2v) is 7.12. The molecule has 0 radical (unpaired) electrons. The number of anilines is 2. The van der Waals surface area contributed by atoms with Crippen LogP contribution in [0.5, 0.6) is 5.75 Å². The van der Waals surface area contributed by atoms with Crippen LogP contribution < -0.4 is 15.0 Å². The number of hydrogen-bond donors (Lipinski definition) is 1. The highest BCUT2D eigenvalue weighted by Crippen LogP contribution is 2.28. The normalized spacial score (nSPS) is 15.3. The topological polar surface area (TPSA) is 70.6 Å². The molecule has 2 aromatic rings. The lowest BCUT2D eigenvalue weighted by Crippen LogP contribution is -2.49. The predicted molar refractivity (Wildman–Crippen MR) is 111 cm³/mol. The number of rotatable bonds is 6. The molecule has 1 amide bonds. The summed E-state index contributed by atoms with van der Waals surface area (Å²) >= 11 is 0. The molecule has 2 heterocycles. The number of nitrogens with one attached hydrogen (secondary N) is 1. The van der Waals surface area contributed by atoms with Crippen LogP contribution in [0.3, 0.4) is 0 Å². The molecule has 1 N–H and O–H groups in total.